The second-order valence-electron chi connectivity index (χ2n) is 5.12. The Morgan fingerprint density at radius 3 is 2.61 bits per heavy atom. The number of aliphatic carboxylic acids is 1. The van der Waals surface area contributed by atoms with E-state index in [2.05, 4.69) is 13.8 Å². The number of anilines is 1. The van der Waals surface area contributed by atoms with Crippen molar-refractivity contribution in [3.8, 4) is 0 Å². The van der Waals surface area contributed by atoms with E-state index in [0.29, 0.717) is 18.9 Å². The maximum absolute atomic E-state index is 11.0. The Morgan fingerprint density at radius 2 is 2.06 bits per heavy atom. The number of hydrogen-bond donors (Lipinski definition) is 2. The Labute approximate surface area is 107 Å². The average molecular weight is 249 g/mol. The third-order valence-corrected chi connectivity index (χ3v) is 3.49. The fourth-order valence-electron chi connectivity index (χ4n) is 2.49. The van der Waals surface area contributed by atoms with Crippen molar-refractivity contribution in [2.45, 2.75) is 32.4 Å². The van der Waals surface area contributed by atoms with Gasteiger partial charge in [0.15, 0.2) is 0 Å². The van der Waals surface area contributed by atoms with Crippen LogP contribution < -0.4 is 4.90 Å². The van der Waals surface area contributed by atoms with E-state index >= 15 is 0 Å². The van der Waals surface area contributed by atoms with E-state index in [1.807, 2.05) is 24.3 Å². The van der Waals surface area contributed by atoms with Gasteiger partial charge in [0.25, 0.3) is 0 Å². The number of aliphatic hydroxyl groups is 1. The van der Waals surface area contributed by atoms with E-state index in [0.717, 1.165) is 11.3 Å². The normalized spacial score (nSPS) is 23.7. The molecule has 1 aromatic carbocycles. The van der Waals surface area contributed by atoms with Gasteiger partial charge in [0.1, 0.15) is 6.23 Å². The summed E-state index contributed by atoms with van der Waals surface area (Å²) in [6, 6.07) is 7.86. The van der Waals surface area contributed by atoms with Crippen molar-refractivity contribution in [1.29, 1.82) is 0 Å². The van der Waals surface area contributed by atoms with E-state index in [1.165, 1.54) is 0 Å². The molecule has 2 atom stereocenters. The summed E-state index contributed by atoms with van der Waals surface area (Å²) in [5, 5.41) is 19.1. The van der Waals surface area contributed by atoms with Crippen LogP contribution in [-0.2, 0) is 4.79 Å². The molecule has 0 aliphatic carbocycles. The lowest BCUT2D eigenvalue weighted by Crippen LogP contribution is -2.30. The van der Waals surface area contributed by atoms with Gasteiger partial charge in [-0.2, -0.15) is 0 Å². The summed E-state index contributed by atoms with van der Waals surface area (Å²) in [5.41, 5.74) is 2.09. The minimum atomic E-state index is -0.835. The Balaban J connectivity index is 2.29. The first kappa shape index (κ1) is 12.9. The minimum Gasteiger partial charge on any atom is -0.481 e. The third-order valence-electron chi connectivity index (χ3n) is 3.49. The van der Waals surface area contributed by atoms with Crippen LogP contribution >= 0.6 is 0 Å². The number of hydrogen-bond acceptors (Lipinski definition) is 3. The third kappa shape index (κ3) is 2.34. The fraction of sp³-hybridized carbons (Fsp3) is 0.500. The number of nitrogens with zero attached hydrogens (tertiary/aromatic N) is 1. The largest absolute Gasteiger partial charge is 0.481 e. The van der Waals surface area contributed by atoms with E-state index < -0.39 is 18.1 Å². The molecule has 1 saturated heterocycles. The lowest BCUT2D eigenvalue weighted by molar-refractivity contribution is -0.141. The number of carbonyl (C=O) groups is 1. The number of carboxylic acid groups (broad SMARTS) is 1. The van der Waals surface area contributed by atoms with Crippen LogP contribution in [-0.4, -0.2) is 29.0 Å². The molecule has 1 aliphatic rings. The summed E-state index contributed by atoms with van der Waals surface area (Å²) < 4.78 is 0. The summed E-state index contributed by atoms with van der Waals surface area (Å²) in [5.74, 6) is -0.976. The molecule has 2 rings (SSSR count). The number of carboxylic acids is 1. The minimum absolute atomic E-state index is 0.293. The highest BCUT2D eigenvalue weighted by Gasteiger charge is 2.35. The zero-order valence-electron chi connectivity index (χ0n) is 10.7. The van der Waals surface area contributed by atoms with Crippen molar-refractivity contribution in [3.63, 3.8) is 0 Å². The van der Waals surface area contributed by atoms with Crippen molar-refractivity contribution in [1.82, 2.24) is 0 Å². The summed E-state index contributed by atoms with van der Waals surface area (Å²) in [6.45, 7) is 4.56. The van der Waals surface area contributed by atoms with Gasteiger partial charge in [-0.15, -0.1) is 0 Å². The van der Waals surface area contributed by atoms with Crippen LogP contribution in [0.3, 0.4) is 0 Å². The molecule has 2 N–H and O–H groups in total. The fourth-order valence-corrected chi connectivity index (χ4v) is 2.49. The molecular formula is C14H19NO3. The van der Waals surface area contributed by atoms with Crippen LogP contribution in [0.1, 0.15) is 31.7 Å². The van der Waals surface area contributed by atoms with Crippen LogP contribution in [0.25, 0.3) is 0 Å². The highest BCUT2D eigenvalue weighted by atomic mass is 16.4. The average Bonchev–Trinajstić information content (AvgIpc) is 2.71. The number of benzene rings is 1. The highest BCUT2D eigenvalue weighted by molar-refractivity contribution is 5.72. The molecule has 0 spiro atoms. The van der Waals surface area contributed by atoms with Gasteiger partial charge in [0, 0.05) is 18.7 Å². The molecule has 0 aromatic heterocycles. The van der Waals surface area contributed by atoms with Gasteiger partial charge in [-0.1, -0.05) is 32.0 Å². The standard InChI is InChI=1S/C14H19NO3/c1-9(2)11-5-3-4-6-12(11)15-8-10(14(17)18)7-13(15)16/h3-6,9-10,13,16H,7-8H2,1-2H3,(H,17,18)/t10-,13+/m1/s1. The molecular weight excluding hydrogens is 230 g/mol. The van der Waals surface area contributed by atoms with Crippen LogP contribution in [0, 0.1) is 5.92 Å². The Bertz CT molecular complexity index is 444. The van der Waals surface area contributed by atoms with Crippen molar-refractivity contribution in [2.24, 2.45) is 5.92 Å². The van der Waals surface area contributed by atoms with E-state index in [-0.39, 0.29) is 0 Å². The van der Waals surface area contributed by atoms with Gasteiger partial charge >= 0.3 is 5.97 Å². The van der Waals surface area contributed by atoms with Gasteiger partial charge in [0.2, 0.25) is 0 Å². The molecule has 0 saturated carbocycles. The van der Waals surface area contributed by atoms with Crippen LogP contribution in [0.5, 0.6) is 0 Å². The van der Waals surface area contributed by atoms with E-state index in [1.54, 1.807) is 4.90 Å². The van der Waals surface area contributed by atoms with E-state index in [9.17, 15) is 9.90 Å². The lowest BCUT2D eigenvalue weighted by atomic mass is 10.0. The van der Waals surface area contributed by atoms with Crippen molar-refractivity contribution in [2.75, 3.05) is 11.4 Å². The monoisotopic (exact) mass is 249 g/mol. The zero-order valence-corrected chi connectivity index (χ0v) is 10.7. The van der Waals surface area contributed by atoms with Crippen molar-refractivity contribution >= 4 is 11.7 Å². The molecule has 1 aliphatic heterocycles. The number of aliphatic hydroxyl groups excluding tert-OH is 1. The molecule has 0 amide bonds. The first-order valence-electron chi connectivity index (χ1n) is 6.27. The molecule has 4 heteroatoms. The predicted octanol–water partition coefficient (Wildman–Crippen LogP) is 2.04. The van der Waals surface area contributed by atoms with Crippen LogP contribution in [0.4, 0.5) is 5.69 Å². The highest BCUT2D eigenvalue weighted by Crippen LogP contribution is 2.33. The second kappa shape index (κ2) is 4.98. The van der Waals surface area contributed by atoms with Gasteiger partial charge in [-0.3, -0.25) is 4.79 Å². The number of para-hydroxylation sites is 1. The molecule has 0 unspecified atom stereocenters. The smallest absolute Gasteiger partial charge is 0.308 e. The lowest BCUT2D eigenvalue weighted by Gasteiger charge is -2.26. The Morgan fingerprint density at radius 1 is 1.39 bits per heavy atom. The van der Waals surface area contributed by atoms with Crippen molar-refractivity contribution in [3.05, 3.63) is 29.8 Å². The molecule has 0 bridgehead atoms. The molecule has 1 heterocycles. The summed E-state index contributed by atoms with van der Waals surface area (Å²) in [6.07, 6.45) is -0.409. The van der Waals surface area contributed by atoms with Gasteiger partial charge in [-0.05, 0) is 17.5 Å². The maximum Gasteiger partial charge on any atom is 0.308 e. The molecule has 0 radical (unpaired) electrons. The van der Waals surface area contributed by atoms with E-state index in [4.69, 9.17) is 5.11 Å². The summed E-state index contributed by atoms with van der Waals surface area (Å²) >= 11 is 0. The first-order valence-corrected chi connectivity index (χ1v) is 6.27. The quantitative estimate of drug-likeness (QED) is 0.860. The van der Waals surface area contributed by atoms with Gasteiger partial charge in [-0.25, -0.2) is 0 Å². The SMILES string of the molecule is CC(C)c1ccccc1N1C[C@H](C(=O)O)C[C@@H]1O. The van der Waals surface area contributed by atoms with Crippen LogP contribution in [0.15, 0.2) is 24.3 Å². The molecule has 4 nitrogen and oxygen atoms in total. The van der Waals surface area contributed by atoms with Gasteiger partial charge in [0.05, 0.1) is 5.92 Å². The molecule has 18 heavy (non-hydrogen) atoms. The van der Waals surface area contributed by atoms with Gasteiger partial charge < -0.3 is 15.1 Å². The van der Waals surface area contributed by atoms with Crippen molar-refractivity contribution < 1.29 is 15.0 Å². The Hall–Kier alpha value is -1.55. The topological polar surface area (TPSA) is 60.8 Å². The zero-order chi connectivity index (χ0) is 13.3. The molecule has 98 valence electrons. The number of rotatable bonds is 3. The molecule has 1 fully saturated rings. The first-order chi connectivity index (χ1) is 8.50. The maximum atomic E-state index is 11.0. The summed E-state index contributed by atoms with van der Waals surface area (Å²) in [7, 11) is 0. The summed E-state index contributed by atoms with van der Waals surface area (Å²) in [4.78, 5) is 12.8. The predicted molar refractivity (Wildman–Crippen MR) is 69.6 cm³/mol. The van der Waals surface area contributed by atoms with Crippen LogP contribution in [0.2, 0.25) is 0 Å². The second-order valence-corrected chi connectivity index (χ2v) is 5.12. The molecule has 1 aromatic rings. The Kier molecular flexibility index (Phi) is 3.57.